The van der Waals surface area contributed by atoms with Gasteiger partial charge in [0.05, 0.1) is 0 Å². The molecule has 0 aliphatic heterocycles. The van der Waals surface area contributed by atoms with Gasteiger partial charge < -0.3 is 0 Å². The van der Waals surface area contributed by atoms with E-state index < -0.39 is 0 Å². The van der Waals surface area contributed by atoms with Crippen molar-refractivity contribution in [2.75, 3.05) is 0 Å². The van der Waals surface area contributed by atoms with Crippen molar-refractivity contribution in [3.05, 3.63) is 59.7 Å². The second-order valence-electron chi connectivity index (χ2n) is 4.75. The molecule has 0 aromatic heterocycles. The molecule has 0 bridgehead atoms. The first-order chi connectivity index (χ1) is 7.61. The maximum absolute atomic E-state index is 2.20. The van der Waals surface area contributed by atoms with Crippen molar-refractivity contribution in [1.29, 1.82) is 0 Å². The van der Waals surface area contributed by atoms with Gasteiger partial charge in [0.25, 0.3) is 0 Å². The molecule has 2 rings (SSSR count). The van der Waals surface area contributed by atoms with Gasteiger partial charge in [-0.1, -0.05) is 39.5 Å². The Kier molecular flexibility index (Phi) is 8.17. The summed E-state index contributed by atoms with van der Waals surface area (Å²) in [4.78, 5) is 0. The van der Waals surface area contributed by atoms with Crippen molar-refractivity contribution in [3.63, 3.8) is 0 Å². The minimum atomic E-state index is 0. The van der Waals surface area contributed by atoms with Gasteiger partial charge in [0.2, 0.25) is 0 Å². The fourth-order valence-electron chi connectivity index (χ4n) is 1.55. The molecule has 0 amide bonds. The molecular formula is C16H24Mo-2. The van der Waals surface area contributed by atoms with Crippen molar-refractivity contribution in [2.24, 2.45) is 0 Å². The summed E-state index contributed by atoms with van der Waals surface area (Å²) in [5, 5.41) is 0. The van der Waals surface area contributed by atoms with Crippen molar-refractivity contribution in [3.8, 4) is 0 Å². The molecule has 0 saturated carbocycles. The molecule has 0 radical (unpaired) electrons. The number of hydrogen-bond acceptors (Lipinski definition) is 0. The fraction of sp³-hybridized carbons (Fsp3) is 0.375. The third kappa shape index (κ3) is 6.03. The molecule has 0 atom stereocenters. The molecule has 0 fully saturated rings. The van der Waals surface area contributed by atoms with E-state index in [-0.39, 0.29) is 21.1 Å². The van der Waals surface area contributed by atoms with Crippen LogP contribution < -0.4 is 0 Å². The predicted octanol–water partition coefficient (Wildman–Crippen LogP) is 4.52. The van der Waals surface area contributed by atoms with Gasteiger partial charge in [-0.2, -0.15) is 35.4 Å². The van der Waals surface area contributed by atoms with Crippen LogP contribution in [0.3, 0.4) is 0 Å². The SMILES string of the molecule is CC(C)[c-]1cccc1.CC(C)[c-]1cccc1.[MoH2]. The molecule has 0 unspecified atom stereocenters. The van der Waals surface area contributed by atoms with Crippen molar-refractivity contribution in [1.82, 2.24) is 0 Å². The van der Waals surface area contributed by atoms with E-state index in [1.807, 2.05) is 0 Å². The van der Waals surface area contributed by atoms with E-state index in [2.05, 4.69) is 76.2 Å². The molecule has 0 nitrogen and oxygen atoms in total. The summed E-state index contributed by atoms with van der Waals surface area (Å²) in [5.41, 5.74) is 2.87. The van der Waals surface area contributed by atoms with Crippen LogP contribution in [0, 0.1) is 0 Å². The summed E-state index contributed by atoms with van der Waals surface area (Å²) in [7, 11) is 0. The Balaban J connectivity index is 0.000000284. The van der Waals surface area contributed by atoms with Crippen LogP contribution in [0.1, 0.15) is 50.7 Å². The zero-order chi connectivity index (χ0) is 12.0. The molecule has 2 aromatic rings. The quantitative estimate of drug-likeness (QED) is 0.565. The first-order valence-electron chi connectivity index (χ1n) is 6.04. The van der Waals surface area contributed by atoms with Crippen LogP contribution in [0.25, 0.3) is 0 Å². The van der Waals surface area contributed by atoms with Gasteiger partial charge in [-0.25, -0.2) is 24.3 Å². The second-order valence-corrected chi connectivity index (χ2v) is 4.75. The zero-order valence-corrected chi connectivity index (χ0v) is 13.7. The van der Waals surface area contributed by atoms with Gasteiger partial charge in [0.1, 0.15) is 0 Å². The molecule has 0 spiro atoms. The van der Waals surface area contributed by atoms with E-state index in [9.17, 15) is 0 Å². The van der Waals surface area contributed by atoms with Crippen LogP contribution in [-0.4, -0.2) is 0 Å². The molecule has 17 heavy (non-hydrogen) atoms. The van der Waals surface area contributed by atoms with Crippen molar-refractivity contribution in [2.45, 2.75) is 39.5 Å². The molecule has 1 heteroatoms. The van der Waals surface area contributed by atoms with E-state index in [1.165, 1.54) is 11.1 Å². The minimum absolute atomic E-state index is 0. The molecule has 0 N–H and O–H groups in total. The standard InChI is InChI=1S/2C8H11.Mo.2H/c2*1-7(2)8-5-3-4-6-8;;;/h2*3-7H,1-2H3;;;/q2*-1;;;. The molecule has 0 aliphatic rings. The summed E-state index contributed by atoms with van der Waals surface area (Å²) in [5.74, 6) is 1.37. The van der Waals surface area contributed by atoms with Crippen LogP contribution in [0.5, 0.6) is 0 Å². The summed E-state index contributed by atoms with van der Waals surface area (Å²) in [6, 6.07) is 16.9. The van der Waals surface area contributed by atoms with Crippen molar-refractivity contribution >= 4 is 0 Å². The van der Waals surface area contributed by atoms with Gasteiger partial charge in [-0.3, -0.25) is 0 Å². The average molecular weight is 312 g/mol. The van der Waals surface area contributed by atoms with Gasteiger partial charge >= 0.3 is 21.1 Å². The summed E-state index contributed by atoms with van der Waals surface area (Å²) in [6.07, 6.45) is 0. The van der Waals surface area contributed by atoms with Crippen LogP contribution in [0.15, 0.2) is 48.5 Å². The van der Waals surface area contributed by atoms with Gasteiger partial charge in [-0.05, 0) is 0 Å². The van der Waals surface area contributed by atoms with Gasteiger partial charge in [0, 0.05) is 0 Å². The Bertz CT molecular complexity index is 314. The molecule has 96 valence electrons. The predicted molar refractivity (Wildman–Crippen MR) is 75.0 cm³/mol. The Morgan fingerprint density at radius 3 is 0.941 bits per heavy atom. The molecule has 2 aromatic carbocycles. The van der Waals surface area contributed by atoms with Crippen LogP contribution in [-0.2, 0) is 21.1 Å². The van der Waals surface area contributed by atoms with Crippen LogP contribution >= 0.6 is 0 Å². The van der Waals surface area contributed by atoms with E-state index in [4.69, 9.17) is 0 Å². The summed E-state index contributed by atoms with van der Waals surface area (Å²) in [6.45, 7) is 8.81. The maximum atomic E-state index is 2.20. The monoisotopic (exact) mass is 314 g/mol. The van der Waals surface area contributed by atoms with Gasteiger partial charge in [0.15, 0.2) is 0 Å². The van der Waals surface area contributed by atoms with Crippen LogP contribution in [0.2, 0.25) is 0 Å². The van der Waals surface area contributed by atoms with Crippen molar-refractivity contribution < 1.29 is 21.1 Å². The molecule has 0 saturated heterocycles. The average Bonchev–Trinajstić information content (AvgIpc) is 2.93. The Morgan fingerprint density at radius 1 is 0.588 bits per heavy atom. The number of rotatable bonds is 2. The Morgan fingerprint density at radius 2 is 0.824 bits per heavy atom. The third-order valence-electron chi connectivity index (χ3n) is 2.71. The topological polar surface area (TPSA) is 0 Å². The van der Waals surface area contributed by atoms with E-state index in [1.54, 1.807) is 0 Å². The van der Waals surface area contributed by atoms with Crippen LogP contribution in [0.4, 0.5) is 0 Å². The Hall–Kier alpha value is -0.612. The number of hydrogen-bond donors (Lipinski definition) is 0. The fourth-order valence-corrected chi connectivity index (χ4v) is 1.55. The van der Waals surface area contributed by atoms with E-state index in [0.29, 0.717) is 11.8 Å². The van der Waals surface area contributed by atoms with E-state index >= 15 is 0 Å². The first kappa shape index (κ1) is 16.4. The summed E-state index contributed by atoms with van der Waals surface area (Å²) < 4.78 is 0. The molecule has 0 heterocycles. The molecular weight excluding hydrogens is 288 g/mol. The van der Waals surface area contributed by atoms with Gasteiger partial charge in [-0.15, -0.1) is 0 Å². The zero-order valence-electron chi connectivity index (χ0n) is 11.3. The molecule has 0 aliphatic carbocycles. The summed E-state index contributed by atoms with van der Waals surface area (Å²) >= 11 is 0. The Labute approximate surface area is 120 Å². The second kappa shape index (κ2) is 8.47. The third-order valence-corrected chi connectivity index (χ3v) is 2.71. The first-order valence-corrected chi connectivity index (χ1v) is 6.04. The van der Waals surface area contributed by atoms with E-state index in [0.717, 1.165) is 0 Å². The normalized spacial score (nSPS) is 9.76.